The summed E-state index contributed by atoms with van der Waals surface area (Å²) in [6.45, 7) is 0. The summed E-state index contributed by atoms with van der Waals surface area (Å²) in [6, 6.07) is 23.7. The normalized spacial score (nSPS) is 15.6. The number of para-hydroxylation sites is 4. The van der Waals surface area contributed by atoms with Crippen molar-refractivity contribution in [2.45, 2.75) is 6.17 Å². The van der Waals surface area contributed by atoms with Crippen molar-refractivity contribution >= 4 is 16.7 Å². The smallest absolute Gasteiger partial charge is 0.145 e. The van der Waals surface area contributed by atoms with Gasteiger partial charge in [0.25, 0.3) is 0 Å². The van der Waals surface area contributed by atoms with Crippen LogP contribution in [0.3, 0.4) is 0 Å². The van der Waals surface area contributed by atoms with E-state index in [9.17, 15) is 5.11 Å². The SMILES string of the molecule is Oc1ccccc1[C@@H]1Nc2ccccc2-c2nc3ccccc3n21. The van der Waals surface area contributed by atoms with Crippen molar-refractivity contribution < 1.29 is 5.11 Å². The number of benzene rings is 3. The summed E-state index contributed by atoms with van der Waals surface area (Å²) in [6.07, 6.45) is -0.205. The molecule has 1 atom stereocenters. The first kappa shape index (κ1) is 13.2. The molecule has 116 valence electrons. The number of hydrogen-bond donors (Lipinski definition) is 2. The van der Waals surface area contributed by atoms with Crippen molar-refractivity contribution in [1.82, 2.24) is 9.55 Å². The standard InChI is InChI=1S/C20H15N3O/c24-18-12-6-2-8-14(18)20-21-15-9-3-1-7-13(15)19-22-16-10-4-5-11-17(16)23(19)20/h1-12,20-21,24H/t20-/m1/s1. The molecule has 0 aliphatic carbocycles. The third-order valence-electron chi connectivity index (χ3n) is 4.55. The van der Waals surface area contributed by atoms with Gasteiger partial charge in [0, 0.05) is 16.8 Å². The monoisotopic (exact) mass is 313 g/mol. The Hall–Kier alpha value is -3.27. The molecule has 0 bridgehead atoms. The topological polar surface area (TPSA) is 50.1 Å². The number of fused-ring (bicyclic) bond motifs is 5. The molecule has 5 rings (SSSR count). The van der Waals surface area contributed by atoms with Crippen LogP contribution in [0.25, 0.3) is 22.4 Å². The molecule has 0 saturated heterocycles. The van der Waals surface area contributed by atoms with Gasteiger partial charge in [0.2, 0.25) is 0 Å². The third kappa shape index (κ3) is 1.77. The highest BCUT2D eigenvalue weighted by Gasteiger charge is 2.29. The second-order valence-electron chi connectivity index (χ2n) is 5.95. The molecule has 1 aliphatic rings. The Balaban J connectivity index is 1.86. The van der Waals surface area contributed by atoms with Gasteiger partial charge in [-0.05, 0) is 30.3 Å². The molecule has 0 amide bonds. The zero-order chi connectivity index (χ0) is 16.1. The van der Waals surface area contributed by atoms with E-state index in [0.29, 0.717) is 0 Å². The second kappa shape index (κ2) is 4.86. The minimum absolute atomic E-state index is 0.205. The van der Waals surface area contributed by atoms with Crippen molar-refractivity contribution in [3.63, 3.8) is 0 Å². The second-order valence-corrected chi connectivity index (χ2v) is 5.95. The van der Waals surface area contributed by atoms with Crippen molar-refractivity contribution in [1.29, 1.82) is 0 Å². The molecule has 4 heteroatoms. The highest BCUT2D eigenvalue weighted by Crippen LogP contribution is 2.41. The van der Waals surface area contributed by atoms with E-state index >= 15 is 0 Å². The number of phenols is 1. The molecule has 2 heterocycles. The van der Waals surface area contributed by atoms with E-state index < -0.39 is 0 Å². The zero-order valence-corrected chi connectivity index (χ0v) is 12.8. The van der Waals surface area contributed by atoms with Crippen LogP contribution >= 0.6 is 0 Å². The highest BCUT2D eigenvalue weighted by atomic mass is 16.3. The molecule has 1 aliphatic heterocycles. The van der Waals surface area contributed by atoms with Crippen molar-refractivity contribution in [2.75, 3.05) is 5.32 Å². The molecule has 4 aromatic rings. The lowest BCUT2D eigenvalue weighted by Crippen LogP contribution is -2.24. The highest BCUT2D eigenvalue weighted by molar-refractivity contribution is 5.86. The van der Waals surface area contributed by atoms with E-state index in [1.807, 2.05) is 54.6 Å². The fraction of sp³-hybridized carbons (Fsp3) is 0.0500. The molecule has 0 radical (unpaired) electrons. The Labute approximate surface area is 139 Å². The molecule has 1 aromatic heterocycles. The number of rotatable bonds is 1. The number of anilines is 1. The van der Waals surface area contributed by atoms with E-state index in [4.69, 9.17) is 4.98 Å². The van der Waals surface area contributed by atoms with Crippen molar-refractivity contribution in [3.05, 3.63) is 78.4 Å². The van der Waals surface area contributed by atoms with Gasteiger partial charge >= 0.3 is 0 Å². The molecule has 0 spiro atoms. The van der Waals surface area contributed by atoms with Crippen LogP contribution in [-0.4, -0.2) is 14.7 Å². The predicted molar refractivity (Wildman–Crippen MR) is 95.0 cm³/mol. The molecule has 3 aromatic carbocycles. The van der Waals surface area contributed by atoms with Gasteiger partial charge in [-0.15, -0.1) is 0 Å². The number of aromatic nitrogens is 2. The minimum Gasteiger partial charge on any atom is -0.508 e. The van der Waals surface area contributed by atoms with Gasteiger partial charge in [-0.25, -0.2) is 4.98 Å². The fourth-order valence-electron chi connectivity index (χ4n) is 3.45. The lowest BCUT2D eigenvalue weighted by molar-refractivity contribution is 0.459. The van der Waals surface area contributed by atoms with Crippen molar-refractivity contribution in [3.8, 4) is 17.1 Å². The average molecular weight is 313 g/mol. The molecular formula is C20H15N3O. The summed E-state index contributed by atoms with van der Waals surface area (Å²) in [7, 11) is 0. The van der Waals surface area contributed by atoms with Crippen LogP contribution < -0.4 is 5.32 Å². The third-order valence-corrected chi connectivity index (χ3v) is 4.55. The van der Waals surface area contributed by atoms with Gasteiger partial charge in [-0.1, -0.05) is 42.5 Å². The lowest BCUT2D eigenvalue weighted by atomic mass is 10.0. The number of aromatic hydroxyl groups is 1. The van der Waals surface area contributed by atoms with Gasteiger partial charge in [0.15, 0.2) is 0 Å². The first-order valence-electron chi connectivity index (χ1n) is 7.94. The Morgan fingerprint density at radius 2 is 1.62 bits per heavy atom. The van der Waals surface area contributed by atoms with Gasteiger partial charge in [-0.3, -0.25) is 4.57 Å². The summed E-state index contributed by atoms with van der Waals surface area (Å²) in [5.74, 6) is 1.19. The zero-order valence-electron chi connectivity index (χ0n) is 12.8. The van der Waals surface area contributed by atoms with Crippen molar-refractivity contribution in [2.24, 2.45) is 0 Å². The predicted octanol–water partition coefficient (Wildman–Crippen LogP) is 4.38. The molecule has 0 fully saturated rings. The van der Waals surface area contributed by atoms with E-state index in [0.717, 1.165) is 33.7 Å². The van der Waals surface area contributed by atoms with Crippen LogP contribution in [-0.2, 0) is 0 Å². The van der Waals surface area contributed by atoms with Crippen LogP contribution in [0.1, 0.15) is 11.7 Å². The van der Waals surface area contributed by atoms with Gasteiger partial charge in [-0.2, -0.15) is 0 Å². The van der Waals surface area contributed by atoms with E-state index in [1.54, 1.807) is 6.07 Å². The van der Waals surface area contributed by atoms with Gasteiger partial charge < -0.3 is 10.4 Å². The van der Waals surface area contributed by atoms with Crippen LogP contribution in [0.4, 0.5) is 5.69 Å². The Bertz CT molecular complexity index is 1070. The van der Waals surface area contributed by atoms with E-state index in [1.165, 1.54) is 0 Å². The summed E-state index contributed by atoms with van der Waals surface area (Å²) in [5.41, 5.74) is 4.92. The maximum absolute atomic E-state index is 10.4. The average Bonchev–Trinajstić information content (AvgIpc) is 3.01. The minimum atomic E-state index is -0.205. The van der Waals surface area contributed by atoms with Crippen LogP contribution in [0, 0.1) is 0 Å². The van der Waals surface area contributed by atoms with Gasteiger partial charge in [0.1, 0.15) is 17.7 Å². The Morgan fingerprint density at radius 3 is 2.54 bits per heavy atom. The fourth-order valence-corrected chi connectivity index (χ4v) is 3.45. The maximum Gasteiger partial charge on any atom is 0.145 e. The Kier molecular flexibility index (Phi) is 2.67. The number of phenolic OH excluding ortho intramolecular Hbond substituents is 1. The van der Waals surface area contributed by atoms with Crippen LogP contribution in [0.2, 0.25) is 0 Å². The first-order chi connectivity index (χ1) is 11.8. The summed E-state index contributed by atoms with van der Waals surface area (Å²) in [5, 5.41) is 13.9. The van der Waals surface area contributed by atoms with E-state index in [-0.39, 0.29) is 11.9 Å². The quantitative estimate of drug-likeness (QED) is 0.548. The van der Waals surface area contributed by atoms with Gasteiger partial charge in [0.05, 0.1) is 11.0 Å². The summed E-state index contributed by atoms with van der Waals surface area (Å²) in [4.78, 5) is 4.84. The number of nitrogens with one attached hydrogen (secondary N) is 1. The first-order valence-corrected chi connectivity index (χ1v) is 7.94. The largest absolute Gasteiger partial charge is 0.508 e. The summed E-state index contributed by atoms with van der Waals surface area (Å²) >= 11 is 0. The Morgan fingerprint density at radius 1 is 0.875 bits per heavy atom. The molecule has 0 saturated carbocycles. The van der Waals surface area contributed by atoms with E-state index in [2.05, 4.69) is 22.0 Å². The lowest BCUT2D eigenvalue weighted by Gasteiger charge is -2.30. The molecular weight excluding hydrogens is 298 g/mol. The number of imidazole rings is 1. The number of nitrogens with zero attached hydrogens (tertiary/aromatic N) is 2. The maximum atomic E-state index is 10.4. The number of hydrogen-bond acceptors (Lipinski definition) is 3. The molecule has 0 unspecified atom stereocenters. The summed E-state index contributed by atoms with van der Waals surface area (Å²) < 4.78 is 2.16. The van der Waals surface area contributed by atoms with Crippen LogP contribution in [0.5, 0.6) is 5.75 Å². The molecule has 2 N–H and O–H groups in total. The molecule has 4 nitrogen and oxygen atoms in total. The molecule has 24 heavy (non-hydrogen) atoms. The van der Waals surface area contributed by atoms with Crippen LogP contribution in [0.15, 0.2) is 72.8 Å².